The number of amides is 1. The van der Waals surface area contributed by atoms with Gasteiger partial charge >= 0.3 is 0 Å². The molecule has 0 saturated heterocycles. The van der Waals surface area contributed by atoms with Gasteiger partial charge in [0.05, 0.1) is 23.2 Å². The van der Waals surface area contributed by atoms with Crippen LogP contribution in [0, 0.1) is 5.82 Å². The lowest BCUT2D eigenvalue weighted by molar-refractivity contribution is -0.122. The van der Waals surface area contributed by atoms with Crippen LogP contribution in [0.2, 0.25) is 10.0 Å². The van der Waals surface area contributed by atoms with E-state index < -0.39 is 33.8 Å². The molecule has 34 heavy (non-hydrogen) atoms. The minimum Gasteiger partial charge on any atom is -0.394 e. The Labute approximate surface area is 208 Å². The number of hydrogen-bond acceptors (Lipinski definition) is 4. The summed E-state index contributed by atoms with van der Waals surface area (Å²) in [6.45, 7) is 0.961. The molecule has 3 aromatic carbocycles. The molecule has 0 bridgehead atoms. The van der Waals surface area contributed by atoms with Gasteiger partial charge in [-0.25, -0.2) is 12.8 Å². The molecule has 0 spiro atoms. The second-order valence-corrected chi connectivity index (χ2v) is 10.3. The van der Waals surface area contributed by atoms with Gasteiger partial charge in [0, 0.05) is 10.0 Å². The van der Waals surface area contributed by atoms with Crippen molar-refractivity contribution >= 4 is 44.8 Å². The largest absolute Gasteiger partial charge is 0.394 e. The number of carbonyl (C=O) groups excluding carboxylic acids is 1. The van der Waals surface area contributed by atoms with E-state index in [1.54, 1.807) is 0 Å². The average Bonchev–Trinajstić information content (AvgIpc) is 2.81. The van der Waals surface area contributed by atoms with Crippen molar-refractivity contribution in [3.05, 3.63) is 94.2 Å². The van der Waals surface area contributed by atoms with Gasteiger partial charge in [0.15, 0.2) is 0 Å². The summed E-state index contributed by atoms with van der Waals surface area (Å²) in [7, 11) is -4.40. The molecule has 2 atom stereocenters. The van der Waals surface area contributed by atoms with Crippen LogP contribution in [0.25, 0.3) is 0 Å². The summed E-state index contributed by atoms with van der Waals surface area (Å²) in [4.78, 5) is 13.0. The number of halogens is 3. The first-order valence-electron chi connectivity index (χ1n) is 10.3. The molecule has 2 unspecified atom stereocenters. The fraction of sp³-hybridized carbons (Fsp3) is 0.208. The van der Waals surface area contributed by atoms with E-state index in [0.717, 1.165) is 17.7 Å². The number of hydrogen-bond donors (Lipinski definition) is 2. The smallest absolute Gasteiger partial charge is 0.265 e. The lowest BCUT2D eigenvalue weighted by atomic mass is 10.1. The van der Waals surface area contributed by atoms with Crippen molar-refractivity contribution in [2.45, 2.75) is 30.3 Å². The van der Waals surface area contributed by atoms with Crippen molar-refractivity contribution in [1.82, 2.24) is 5.32 Å². The van der Waals surface area contributed by atoms with Gasteiger partial charge in [0.25, 0.3) is 10.0 Å². The third kappa shape index (κ3) is 6.07. The van der Waals surface area contributed by atoms with E-state index >= 15 is 0 Å². The molecule has 180 valence electrons. The highest BCUT2D eigenvalue weighted by Crippen LogP contribution is 2.31. The third-order valence-corrected chi connectivity index (χ3v) is 7.52. The SMILES string of the molecule is CC(C(=O)NC(CO)Cc1ccccc1)N(c1cc(Cl)ccc1F)S(=O)(=O)c1ccc(Cl)cc1. The molecule has 6 nitrogen and oxygen atoms in total. The Hall–Kier alpha value is -2.65. The second kappa shape index (κ2) is 11.2. The zero-order valence-corrected chi connectivity index (χ0v) is 20.5. The van der Waals surface area contributed by atoms with Crippen molar-refractivity contribution in [2.75, 3.05) is 10.9 Å². The second-order valence-electron chi connectivity index (χ2n) is 7.60. The molecule has 0 aliphatic heterocycles. The molecule has 10 heteroatoms. The summed E-state index contributed by atoms with van der Waals surface area (Å²) >= 11 is 11.9. The Bertz CT molecular complexity index is 1240. The van der Waals surface area contributed by atoms with Crippen LogP contribution in [-0.2, 0) is 21.2 Å². The summed E-state index contributed by atoms with van der Waals surface area (Å²) in [5.41, 5.74) is 0.495. The zero-order valence-electron chi connectivity index (χ0n) is 18.2. The molecule has 0 aromatic heterocycles. The van der Waals surface area contributed by atoms with Gasteiger partial charge in [0.1, 0.15) is 11.9 Å². The molecule has 0 aliphatic carbocycles. The van der Waals surface area contributed by atoms with Gasteiger partial charge in [0.2, 0.25) is 5.91 Å². The van der Waals surface area contributed by atoms with Crippen molar-refractivity contribution in [1.29, 1.82) is 0 Å². The first kappa shape index (κ1) is 26.0. The van der Waals surface area contributed by atoms with Crippen LogP contribution < -0.4 is 9.62 Å². The van der Waals surface area contributed by atoms with Crippen LogP contribution in [0.15, 0.2) is 77.7 Å². The first-order chi connectivity index (χ1) is 16.1. The number of benzene rings is 3. The predicted molar refractivity (Wildman–Crippen MR) is 131 cm³/mol. The van der Waals surface area contributed by atoms with Crippen LogP contribution in [0.5, 0.6) is 0 Å². The Kier molecular flexibility index (Phi) is 8.54. The molecular weight excluding hydrogens is 502 g/mol. The van der Waals surface area contributed by atoms with Crippen molar-refractivity contribution < 1.29 is 22.7 Å². The summed E-state index contributed by atoms with van der Waals surface area (Å²) < 4.78 is 42.6. The van der Waals surface area contributed by atoms with Gasteiger partial charge in [-0.2, -0.15) is 0 Å². The topological polar surface area (TPSA) is 86.7 Å². The van der Waals surface area contributed by atoms with Gasteiger partial charge in [-0.15, -0.1) is 0 Å². The summed E-state index contributed by atoms with van der Waals surface area (Å²) in [5.74, 6) is -1.59. The Balaban J connectivity index is 1.97. The maximum atomic E-state index is 14.8. The standard InChI is InChI=1S/C24H23Cl2FN2O4S/c1-16(24(31)28-20(15-30)13-17-5-3-2-4-6-17)29(23-14-19(26)9-12-22(23)27)34(32,33)21-10-7-18(25)8-11-21/h2-12,14,16,20,30H,13,15H2,1H3,(H,28,31). The highest BCUT2D eigenvalue weighted by Gasteiger charge is 2.36. The minimum absolute atomic E-state index is 0.0950. The lowest BCUT2D eigenvalue weighted by Gasteiger charge is -2.31. The number of sulfonamides is 1. The maximum absolute atomic E-state index is 14.8. The van der Waals surface area contributed by atoms with E-state index in [1.807, 2.05) is 30.3 Å². The van der Waals surface area contributed by atoms with Gasteiger partial charge < -0.3 is 10.4 Å². The molecule has 0 fully saturated rings. The fourth-order valence-corrected chi connectivity index (χ4v) is 5.32. The number of aliphatic hydroxyl groups is 1. The number of rotatable bonds is 9. The summed E-state index contributed by atoms with van der Waals surface area (Å²) in [6, 6.07) is 15.9. The molecule has 3 aromatic rings. The number of nitrogens with one attached hydrogen (secondary N) is 1. The van der Waals surface area contributed by atoms with Crippen LogP contribution in [0.4, 0.5) is 10.1 Å². The first-order valence-corrected chi connectivity index (χ1v) is 12.5. The molecule has 0 heterocycles. The molecular formula is C24H23Cl2FN2O4S. The van der Waals surface area contributed by atoms with Gasteiger partial charge in [-0.1, -0.05) is 53.5 Å². The van der Waals surface area contributed by atoms with Crippen LogP contribution in [0.3, 0.4) is 0 Å². The lowest BCUT2D eigenvalue weighted by Crippen LogP contribution is -2.52. The zero-order chi connectivity index (χ0) is 24.9. The fourth-order valence-electron chi connectivity index (χ4n) is 3.41. The van der Waals surface area contributed by atoms with Gasteiger partial charge in [-0.3, -0.25) is 9.10 Å². The molecule has 3 rings (SSSR count). The van der Waals surface area contributed by atoms with Crippen molar-refractivity contribution in [3.8, 4) is 0 Å². The van der Waals surface area contributed by atoms with Crippen molar-refractivity contribution in [2.24, 2.45) is 0 Å². The minimum atomic E-state index is -4.40. The number of aliphatic hydroxyl groups excluding tert-OH is 1. The third-order valence-electron chi connectivity index (χ3n) is 5.14. The predicted octanol–water partition coefficient (Wildman–Crippen LogP) is 4.44. The molecule has 1 amide bonds. The van der Waals surface area contributed by atoms with E-state index in [-0.39, 0.29) is 22.2 Å². The maximum Gasteiger partial charge on any atom is 0.265 e. The van der Waals surface area contributed by atoms with Crippen LogP contribution in [0.1, 0.15) is 12.5 Å². The highest BCUT2D eigenvalue weighted by atomic mass is 35.5. The molecule has 0 aliphatic rings. The van der Waals surface area contributed by atoms with Gasteiger partial charge in [-0.05, 0) is 61.4 Å². The van der Waals surface area contributed by atoms with E-state index in [1.165, 1.54) is 37.3 Å². The normalized spacial score (nSPS) is 13.2. The number of carbonyl (C=O) groups is 1. The number of anilines is 1. The Morgan fingerprint density at radius 2 is 1.65 bits per heavy atom. The van der Waals surface area contributed by atoms with Crippen LogP contribution >= 0.6 is 23.2 Å². The average molecular weight is 525 g/mol. The van der Waals surface area contributed by atoms with E-state index in [9.17, 15) is 22.7 Å². The molecule has 0 saturated carbocycles. The monoisotopic (exact) mass is 524 g/mol. The summed E-state index contributed by atoms with van der Waals surface area (Å²) in [6.07, 6.45) is 0.325. The van der Waals surface area contributed by atoms with Crippen LogP contribution in [-0.4, -0.2) is 38.1 Å². The van der Waals surface area contributed by atoms with E-state index in [2.05, 4.69) is 5.32 Å². The van der Waals surface area contributed by atoms with Crippen molar-refractivity contribution in [3.63, 3.8) is 0 Å². The Morgan fingerprint density at radius 3 is 2.26 bits per heavy atom. The quantitative estimate of drug-likeness (QED) is 0.433. The summed E-state index contributed by atoms with van der Waals surface area (Å²) in [5, 5.41) is 12.9. The molecule has 2 N–H and O–H groups in total. The van der Waals surface area contributed by atoms with E-state index in [4.69, 9.17) is 23.2 Å². The molecule has 0 radical (unpaired) electrons. The Morgan fingerprint density at radius 1 is 1.03 bits per heavy atom. The number of nitrogens with zero attached hydrogens (tertiary/aromatic N) is 1. The highest BCUT2D eigenvalue weighted by molar-refractivity contribution is 7.93. The van der Waals surface area contributed by atoms with E-state index in [0.29, 0.717) is 15.7 Å².